The van der Waals surface area contributed by atoms with Gasteiger partial charge in [0.1, 0.15) is 11.5 Å². The van der Waals surface area contributed by atoms with Gasteiger partial charge < -0.3 is 19.3 Å². The molecule has 2 aromatic carbocycles. The Labute approximate surface area is 165 Å². The van der Waals surface area contributed by atoms with Crippen LogP contribution in [0.15, 0.2) is 48.5 Å². The van der Waals surface area contributed by atoms with Crippen molar-refractivity contribution in [2.24, 2.45) is 5.92 Å². The molecule has 0 radical (unpaired) electrons. The van der Waals surface area contributed by atoms with E-state index in [2.05, 4.69) is 0 Å². The third-order valence-electron chi connectivity index (χ3n) is 5.36. The molecule has 1 aliphatic rings. The van der Waals surface area contributed by atoms with Crippen LogP contribution in [-0.4, -0.2) is 44.5 Å². The minimum absolute atomic E-state index is 0.0281. The Kier molecular flexibility index (Phi) is 5.87. The van der Waals surface area contributed by atoms with Crippen LogP contribution in [-0.2, 0) is 9.59 Å². The maximum atomic E-state index is 13.0. The van der Waals surface area contributed by atoms with E-state index in [9.17, 15) is 9.59 Å². The van der Waals surface area contributed by atoms with Crippen molar-refractivity contribution in [3.05, 3.63) is 54.1 Å². The summed E-state index contributed by atoms with van der Waals surface area (Å²) in [4.78, 5) is 29.0. The minimum Gasteiger partial charge on any atom is -0.497 e. The van der Waals surface area contributed by atoms with E-state index < -0.39 is 0 Å². The molecule has 1 fully saturated rings. The quantitative estimate of drug-likeness (QED) is 0.769. The molecule has 28 heavy (non-hydrogen) atoms. The van der Waals surface area contributed by atoms with Crippen LogP contribution in [0, 0.1) is 5.92 Å². The molecule has 3 rings (SSSR count). The summed E-state index contributed by atoms with van der Waals surface area (Å²) < 4.78 is 10.6. The summed E-state index contributed by atoms with van der Waals surface area (Å²) >= 11 is 0. The number of rotatable bonds is 6. The van der Waals surface area contributed by atoms with E-state index in [1.54, 1.807) is 49.3 Å². The van der Waals surface area contributed by atoms with Crippen LogP contribution in [0.2, 0.25) is 0 Å². The van der Waals surface area contributed by atoms with Crippen molar-refractivity contribution in [1.82, 2.24) is 4.90 Å². The molecule has 1 aliphatic heterocycles. The average molecular weight is 382 g/mol. The highest BCUT2D eigenvalue weighted by Crippen LogP contribution is 2.36. The number of hydrogen-bond donors (Lipinski definition) is 0. The first-order valence-electron chi connectivity index (χ1n) is 9.30. The van der Waals surface area contributed by atoms with Gasteiger partial charge in [0.05, 0.1) is 31.9 Å². The number of amides is 2. The lowest BCUT2D eigenvalue weighted by Gasteiger charge is -2.28. The zero-order valence-electron chi connectivity index (χ0n) is 16.7. The van der Waals surface area contributed by atoms with E-state index in [0.29, 0.717) is 23.7 Å². The smallest absolute Gasteiger partial charge is 0.228 e. The molecule has 0 bridgehead atoms. The molecular formula is C22H26N2O4. The number of hydrogen-bond acceptors (Lipinski definition) is 4. The maximum absolute atomic E-state index is 13.0. The number of anilines is 1. The number of carbonyl (C=O) groups excluding carboxylic acids is 2. The van der Waals surface area contributed by atoms with Gasteiger partial charge in [-0.05, 0) is 24.6 Å². The Morgan fingerprint density at radius 3 is 2.50 bits per heavy atom. The fourth-order valence-corrected chi connectivity index (χ4v) is 3.55. The van der Waals surface area contributed by atoms with Gasteiger partial charge in [-0.2, -0.15) is 0 Å². The van der Waals surface area contributed by atoms with E-state index in [-0.39, 0.29) is 30.2 Å². The van der Waals surface area contributed by atoms with Crippen LogP contribution in [0.3, 0.4) is 0 Å². The van der Waals surface area contributed by atoms with Gasteiger partial charge >= 0.3 is 0 Å². The number of benzene rings is 2. The molecule has 2 unspecified atom stereocenters. The Hall–Kier alpha value is -3.02. The lowest BCUT2D eigenvalue weighted by atomic mass is 10.0. The summed E-state index contributed by atoms with van der Waals surface area (Å²) in [7, 11) is 4.92. The van der Waals surface area contributed by atoms with Crippen molar-refractivity contribution >= 4 is 17.5 Å². The molecule has 1 saturated heterocycles. The first kappa shape index (κ1) is 19.7. The van der Waals surface area contributed by atoms with Crippen molar-refractivity contribution in [2.45, 2.75) is 19.4 Å². The predicted molar refractivity (Wildman–Crippen MR) is 108 cm³/mol. The highest BCUT2D eigenvalue weighted by Gasteiger charge is 2.38. The summed E-state index contributed by atoms with van der Waals surface area (Å²) in [6.45, 7) is 2.33. The number of carbonyl (C=O) groups is 2. The predicted octanol–water partition coefficient (Wildman–Crippen LogP) is 3.28. The van der Waals surface area contributed by atoms with E-state index >= 15 is 0 Å². The first-order chi connectivity index (χ1) is 13.5. The normalized spacial score (nSPS) is 17.4. The monoisotopic (exact) mass is 382 g/mol. The number of nitrogens with zero attached hydrogens (tertiary/aromatic N) is 2. The van der Waals surface area contributed by atoms with Gasteiger partial charge in [-0.3, -0.25) is 9.59 Å². The first-order valence-corrected chi connectivity index (χ1v) is 9.30. The van der Waals surface area contributed by atoms with Gasteiger partial charge in [0.15, 0.2) is 0 Å². The van der Waals surface area contributed by atoms with Crippen molar-refractivity contribution in [2.75, 3.05) is 32.7 Å². The van der Waals surface area contributed by atoms with Crippen molar-refractivity contribution < 1.29 is 19.1 Å². The van der Waals surface area contributed by atoms with E-state index in [1.807, 2.05) is 37.3 Å². The number of methoxy groups -OCH3 is 2. The zero-order valence-corrected chi connectivity index (χ0v) is 16.7. The second-order valence-electron chi connectivity index (χ2n) is 6.98. The van der Waals surface area contributed by atoms with E-state index in [1.165, 1.54) is 0 Å². The summed E-state index contributed by atoms with van der Waals surface area (Å²) in [6, 6.07) is 15.1. The molecule has 2 atom stereocenters. The van der Waals surface area contributed by atoms with Crippen LogP contribution >= 0.6 is 0 Å². The molecule has 1 heterocycles. The second kappa shape index (κ2) is 8.33. The molecular weight excluding hydrogens is 356 g/mol. The Morgan fingerprint density at radius 2 is 1.86 bits per heavy atom. The fraction of sp³-hybridized carbons (Fsp3) is 0.364. The van der Waals surface area contributed by atoms with Gasteiger partial charge in [-0.1, -0.05) is 30.3 Å². The Bertz CT molecular complexity index is 853. The molecule has 2 amide bonds. The molecule has 0 spiro atoms. The summed E-state index contributed by atoms with van der Waals surface area (Å²) in [5, 5.41) is 0. The number of ether oxygens (including phenoxy) is 2. The standard InChI is InChI=1S/C22H26N2O4/c1-15(16-8-6-5-7-9-16)23(2)22(26)17-12-21(25)24(14-17)19-11-10-18(27-3)13-20(19)28-4/h5-11,13,15,17H,12,14H2,1-4H3. The Balaban J connectivity index is 1.76. The zero-order chi connectivity index (χ0) is 20.3. The van der Waals surface area contributed by atoms with Gasteiger partial charge in [-0.25, -0.2) is 0 Å². The maximum Gasteiger partial charge on any atom is 0.228 e. The topological polar surface area (TPSA) is 59.1 Å². The second-order valence-corrected chi connectivity index (χ2v) is 6.98. The van der Waals surface area contributed by atoms with Crippen molar-refractivity contribution in [1.29, 1.82) is 0 Å². The lowest BCUT2D eigenvalue weighted by Crippen LogP contribution is -2.36. The summed E-state index contributed by atoms with van der Waals surface area (Å²) in [6.07, 6.45) is 0.194. The molecule has 0 saturated carbocycles. The van der Waals surface area contributed by atoms with Crippen molar-refractivity contribution in [3.8, 4) is 11.5 Å². The highest BCUT2D eigenvalue weighted by atomic mass is 16.5. The SMILES string of the molecule is COc1ccc(N2CC(C(=O)N(C)C(C)c3ccccc3)CC2=O)c(OC)c1. The van der Waals surface area contributed by atoms with E-state index in [0.717, 1.165) is 5.56 Å². The third-order valence-corrected chi connectivity index (χ3v) is 5.36. The summed E-state index contributed by atoms with van der Waals surface area (Å²) in [5.41, 5.74) is 1.72. The van der Waals surface area contributed by atoms with Gasteiger partial charge in [-0.15, -0.1) is 0 Å². The van der Waals surface area contributed by atoms with Gasteiger partial charge in [0.25, 0.3) is 0 Å². The molecule has 148 valence electrons. The van der Waals surface area contributed by atoms with Crippen molar-refractivity contribution in [3.63, 3.8) is 0 Å². The van der Waals surface area contributed by atoms with Crippen LogP contribution in [0.25, 0.3) is 0 Å². The third kappa shape index (κ3) is 3.81. The van der Waals surface area contributed by atoms with Crippen LogP contribution in [0.4, 0.5) is 5.69 Å². The molecule has 0 N–H and O–H groups in total. The molecule has 2 aromatic rings. The Morgan fingerprint density at radius 1 is 1.14 bits per heavy atom. The van der Waals surface area contributed by atoms with Gasteiger partial charge in [0.2, 0.25) is 11.8 Å². The molecule has 6 heteroatoms. The average Bonchev–Trinajstić information content (AvgIpc) is 3.13. The minimum atomic E-state index is -0.379. The van der Waals surface area contributed by atoms with Crippen LogP contribution in [0.5, 0.6) is 11.5 Å². The summed E-state index contributed by atoms with van der Waals surface area (Å²) in [5.74, 6) is 0.709. The molecule has 0 aliphatic carbocycles. The largest absolute Gasteiger partial charge is 0.497 e. The van der Waals surface area contributed by atoms with Crippen LogP contribution in [0.1, 0.15) is 24.9 Å². The van der Waals surface area contributed by atoms with Crippen LogP contribution < -0.4 is 14.4 Å². The highest BCUT2D eigenvalue weighted by molar-refractivity contribution is 6.01. The molecule has 0 aromatic heterocycles. The fourth-order valence-electron chi connectivity index (χ4n) is 3.55. The molecule has 6 nitrogen and oxygen atoms in total. The van der Waals surface area contributed by atoms with Gasteiger partial charge in [0, 0.05) is 26.1 Å². The lowest BCUT2D eigenvalue weighted by molar-refractivity contribution is -0.136. The van der Waals surface area contributed by atoms with E-state index in [4.69, 9.17) is 9.47 Å².